The van der Waals surface area contributed by atoms with E-state index in [1.807, 2.05) is 0 Å². The number of aliphatic hydroxyl groups excluding tert-OH is 1. The van der Waals surface area contributed by atoms with Crippen LogP contribution < -0.4 is 5.73 Å². The first kappa shape index (κ1) is 15.8. The number of benzene rings is 1. The van der Waals surface area contributed by atoms with Gasteiger partial charge >= 0.3 is 0 Å². The van der Waals surface area contributed by atoms with E-state index < -0.39 is 10.0 Å². The first-order chi connectivity index (χ1) is 10.0. The van der Waals surface area contributed by atoms with Gasteiger partial charge in [-0.25, -0.2) is 8.42 Å². The van der Waals surface area contributed by atoms with Crippen LogP contribution in [-0.4, -0.2) is 56.2 Å². The first-order valence-corrected chi connectivity index (χ1v) is 7.91. The molecule has 1 heterocycles. The molecule has 0 aliphatic heterocycles. The van der Waals surface area contributed by atoms with Crippen molar-refractivity contribution in [2.45, 2.75) is 4.90 Å². The predicted molar refractivity (Wildman–Crippen MR) is 80.4 cm³/mol. The maximum atomic E-state index is 12.7. The number of aliphatic hydroxyl groups is 1. The molecule has 0 atom stereocenters. The quantitative estimate of drug-likeness (QED) is 0.640. The standard InChI is InChI=1S/C13H19N3O4S/c1-20-7-5-16(4-6-17)21(18,19)13-9-15-12-3-2-10(14)8-11(12)13/h2-3,8-9,15,17H,4-7,14H2,1H3. The molecule has 0 aliphatic carbocycles. The lowest BCUT2D eigenvalue weighted by molar-refractivity contribution is 0.168. The molecule has 0 aliphatic rings. The summed E-state index contributed by atoms with van der Waals surface area (Å²) < 4.78 is 31.5. The number of anilines is 1. The van der Waals surface area contributed by atoms with Crippen molar-refractivity contribution in [3.63, 3.8) is 0 Å². The summed E-state index contributed by atoms with van der Waals surface area (Å²) in [5, 5.41) is 9.62. The van der Waals surface area contributed by atoms with Crippen LogP contribution in [0.4, 0.5) is 5.69 Å². The number of H-pyrrole nitrogens is 1. The van der Waals surface area contributed by atoms with Gasteiger partial charge in [-0.05, 0) is 18.2 Å². The summed E-state index contributed by atoms with van der Waals surface area (Å²) in [6.45, 7) is 0.187. The van der Waals surface area contributed by atoms with Crippen LogP contribution in [0.1, 0.15) is 0 Å². The van der Waals surface area contributed by atoms with Gasteiger partial charge in [-0.3, -0.25) is 0 Å². The Kier molecular flexibility index (Phi) is 4.84. The maximum absolute atomic E-state index is 12.7. The highest BCUT2D eigenvalue weighted by atomic mass is 32.2. The van der Waals surface area contributed by atoms with Gasteiger partial charge in [0.25, 0.3) is 0 Å². The van der Waals surface area contributed by atoms with Gasteiger partial charge in [0.1, 0.15) is 4.90 Å². The Morgan fingerprint density at radius 2 is 2.14 bits per heavy atom. The van der Waals surface area contributed by atoms with Crippen LogP contribution in [0.3, 0.4) is 0 Å². The Labute approximate surface area is 123 Å². The van der Waals surface area contributed by atoms with Crippen molar-refractivity contribution in [2.75, 3.05) is 39.1 Å². The zero-order valence-electron chi connectivity index (χ0n) is 11.7. The average molecular weight is 313 g/mol. The molecule has 116 valence electrons. The highest BCUT2D eigenvalue weighted by Gasteiger charge is 2.26. The third kappa shape index (κ3) is 3.18. The number of aromatic nitrogens is 1. The fourth-order valence-electron chi connectivity index (χ4n) is 2.12. The van der Waals surface area contributed by atoms with Gasteiger partial charge in [0.15, 0.2) is 0 Å². The Balaban J connectivity index is 2.46. The van der Waals surface area contributed by atoms with Crippen molar-refractivity contribution in [2.24, 2.45) is 0 Å². The number of nitrogens with zero attached hydrogens (tertiary/aromatic N) is 1. The number of aromatic amines is 1. The highest BCUT2D eigenvalue weighted by Crippen LogP contribution is 2.27. The van der Waals surface area contributed by atoms with E-state index in [2.05, 4.69) is 4.98 Å². The monoisotopic (exact) mass is 313 g/mol. The van der Waals surface area contributed by atoms with Gasteiger partial charge < -0.3 is 20.6 Å². The number of fused-ring (bicyclic) bond motifs is 1. The Hall–Kier alpha value is -1.61. The molecule has 1 aromatic heterocycles. The summed E-state index contributed by atoms with van der Waals surface area (Å²) in [5.74, 6) is 0. The van der Waals surface area contributed by atoms with Crippen molar-refractivity contribution in [1.82, 2.24) is 9.29 Å². The first-order valence-electron chi connectivity index (χ1n) is 6.47. The summed E-state index contributed by atoms with van der Waals surface area (Å²) in [4.78, 5) is 3.07. The van der Waals surface area contributed by atoms with E-state index in [4.69, 9.17) is 15.6 Å². The van der Waals surface area contributed by atoms with E-state index in [0.717, 1.165) is 0 Å². The number of rotatable bonds is 7. The second-order valence-electron chi connectivity index (χ2n) is 4.58. The number of hydrogen-bond donors (Lipinski definition) is 3. The number of ether oxygens (including phenoxy) is 1. The molecule has 0 unspecified atom stereocenters. The molecule has 1 aromatic carbocycles. The molecule has 0 radical (unpaired) electrons. The smallest absolute Gasteiger partial charge is 0.245 e. The van der Waals surface area contributed by atoms with E-state index in [0.29, 0.717) is 16.6 Å². The van der Waals surface area contributed by atoms with Crippen molar-refractivity contribution < 1.29 is 18.3 Å². The fourth-order valence-corrected chi connectivity index (χ4v) is 3.69. The van der Waals surface area contributed by atoms with E-state index in [9.17, 15) is 8.42 Å². The van der Waals surface area contributed by atoms with E-state index in [1.165, 1.54) is 17.6 Å². The molecule has 0 bridgehead atoms. The van der Waals surface area contributed by atoms with Gasteiger partial charge in [-0.1, -0.05) is 0 Å². The lowest BCUT2D eigenvalue weighted by Crippen LogP contribution is -2.36. The van der Waals surface area contributed by atoms with E-state index in [1.54, 1.807) is 18.2 Å². The lowest BCUT2D eigenvalue weighted by Gasteiger charge is -2.20. The van der Waals surface area contributed by atoms with Crippen LogP contribution >= 0.6 is 0 Å². The molecule has 0 fully saturated rings. The summed E-state index contributed by atoms with van der Waals surface area (Å²) in [6.07, 6.45) is 1.44. The minimum absolute atomic E-state index is 0.0146. The second kappa shape index (κ2) is 6.44. The van der Waals surface area contributed by atoms with Crippen molar-refractivity contribution in [3.8, 4) is 0 Å². The summed E-state index contributed by atoms with van der Waals surface area (Å²) in [5.41, 5.74) is 6.91. The van der Waals surface area contributed by atoms with E-state index >= 15 is 0 Å². The molecule has 2 aromatic rings. The minimum atomic E-state index is -3.73. The normalized spacial score (nSPS) is 12.3. The lowest BCUT2D eigenvalue weighted by atomic mass is 10.2. The highest BCUT2D eigenvalue weighted by molar-refractivity contribution is 7.89. The topological polar surface area (TPSA) is 109 Å². The van der Waals surface area contributed by atoms with Crippen LogP contribution in [-0.2, 0) is 14.8 Å². The molecule has 4 N–H and O–H groups in total. The third-order valence-electron chi connectivity index (χ3n) is 3.18. The van der Waals surface area contributed by atoms with Crippen LogP contribution in [0.25, 0.3) is 10.9 Å². The predicted octanol–water partition coefficient (Wildman–Crippen LogP) is 0.380. The summed E-state index contributed by atoms with van der Waals surface area (Å²) >= 11 is 0. The maximum Gasteiger partial charge on any atom is 0.245 e. The molecular weight excluding hydrogens is 294 g/mol. The molecule has 0 saturated carbocycles. The zero-order valence-corrected chi connectivity index (χ0v) is 12.6. The van der Waals surface area contributed by atoms with Crippen LogP contribution in [0.15, 0.2) is 29.3 Å². The number of nitrogen functional groups attached to an aromatic ring is 1. The molecule has 8 heteroatoms. The summed E-state index contributed by atoms with van der Waals surface area (Å²) in [6, 6.07) is 5.05. The number of methoxy groups -OCH3 is 1. The minimum Gasteiger partial charge on any atom is -0.399 e. The zero-order chi connectivity index (χ0) is 15.5. The SMILES string of the molecule is COCCN(CCO)S(=O)(=O)c1c[nH]c2ccc(N)cc12. The molecular formula is C13H19N3O4S. The van der Waals surface area contributed by atoms with Gasteiger partial charge in [0.2, 0.25) is 10.0 Å². The van der Waals surface area contributed by atoms with E-state index in [-0.39, 0.29) is 31.2 Å². The largest absolute Gasteiger partial charge is 0.399 e. The van der Waals surface area contributed by atoms with Crippen molar-refractivity contribution >= 4 is 26.6 Å². The Bertz CT molecular complexity index is 711. The van der Waals surface area contributed by atoms with Gasteiger partial charge in [-0.15, -0.1) is 0 Å². The molecule has 2 rings (SSSR count). The van der Waals surface area contributed by atoms with Gasteiger partial charge in [-0.2, -0.15) is 4.31 Å². The number of hydrogen-bond acceptors (Lipinski definition) is 5. The molecule has 0 saturated heterocycles. The number of nitrogens with two attached hydrogens (primary N) is 1. The Morgan fingerprint density at radius 3 is 2.81 bits per heavy atom. The van der Waals surface area contributed by atoms with Gasteiger partial charge in [0.05, 0.1) is 13.2 Å². The Morgan fingerprint density at radius 1 is 1.38 bits per heavy atom. The molecule has 0 spiro atoms. The second-order valence-corrected chi connectivity index (χ2v) is 6.48. The van der Waals surface area contributed by atoms with Crippen LogP contribution in [0.5, 0.6) is 0 Å². The van der Waals surface area contributed by atoms with Crippen molar-refractivity contribution in [3.05, 3.63) is 24.4 Å². The van der Waals surface area contributed by atoms with Gasteiger partial charge in [0, 0.05) is 43.0 Å². The molecule has 21 heavy (non-hydrogen) atoms. The van der Waals surface area contributed by atoms with Crippen molar-refractivity contribution in [1.29, 1.82) is 0 Å². The third-order valence-corrected chi connectivity index (χ3v) is 5.12. The molecule has 7 nitrogen and oxygen atoms in total. The number of nitrogens with one attached hydrogen (secondary N) is 1. The number of sulfonamides is 1. The van der Waals surface area contributed by atoms with Crippen LogP contribution in [0.2, 0.25) is 0 Å². The fraction of sp³-hybridized carbons (Fsp3) is 0.385. The average Bonchev–Trinajstić information content (AvgIpc) is 2.86. The van der Waals surface area contributed by atoms with Crippen LogP contribution in [0, 0.1) is 0 Å². The molecule has 0 amide bonds. The summed E-state index contributed by atoms with van der Waals surface area (Å²) in [7, 11) is -2.23.